The van der Waals surface area contributed by atoms with E-state index in [1.807, 2.05) is 0 Å². The Morgan fingerprint density at radius 2 is 2.08 bits per heavy atom. The number of rotatable bonds is 4. The number of imidazole rings is 1. The second-order valence-corrected chi connectivity index (χ2v) is 7.51. The summed E-state index contributed by atoms with van der Waals surface area (Å²) in [5.41, 5.74) is 1.85. The molecule has 1 aromatic heterocycles. The minimum atomic E-state index is -0.256. The number of aromatic amines is 1. The molecule has 1 spiro atoms. The van der Waals surface area contributed by atoms with Crippen molar-refractivity contribution >= 4 is 16.9 Å². The minimum absolute atomic E-state index is 0.256. The summed E-state index contributed by atoms with van der Waals surface area (Å²) in [6, 6.07) is 4.60. The molecule has 1 aromatic carbocycles. The van der Waals surface area contributed by atoms with Crippen molar-refractivity contribution in [1.29, 1.82) is 0 Å². The molecule has 5 nitrogen and oxygen atoms in total. The van der Waals surface area contributed by atoms with Crippen LogP contribution in [0.1, 0.15) is 37.9 Å². The Kier molecular flexibility index (Phi) is 4.46. The van der Waals surface area contributed by atoms with Crippen LogP contribution < -0.4 is 5.32 Å². The Bertz CT molecular complexity index is 766. The summed E-state index contributed by atoms with van der Waals surface area (Å²) in [5.74, 6) is 0.895. The fourth-order valence-electron chi connectivity index (χ4n) is 4.26. The van der Waals surface area contributed by atoms with Crippen molar-refractivity contribution in [1.82, 2.24) is 20.2 Å². The molecule has 2 saturated heterocycles. The number of carbonyl (C=O) groups is 1. The van der Waals surface area contributed by atoms with Gasteiger partial charge < -0.3 is 15.2 Å². The molecule has 3 heterocycles. The average molecular weight is 344 g/mol. The number of hydrogen-bond donors (Lipinski definition) is 2. The van der Waals surface area contributed by atoms with Crippen LogP contribution in [0.15, 0.2) is 18.2 Å². The second-order valence-electron chi connectivity index (χ2n) is 7.51. The molecule has 0 unspecified atom stereocenters. The van der Waals surface area contributed by atoms with E-state index in [0.717, 1.165) is 62.3 Å². The lowest BCUT2D eigenvalue weighted by molar-refractivity contribution is -0.138. The lowest BCUT2D eigenvalue weighted by Crippen LogP contribution is -2.50. The Hall–Kier alpha value is -1.95. The van der Waals surface area contributed by atoms with Gasteiger partial charge in [-0.2, -0.15) is 0 Å². The lowest BCUT2D eigenvalue weighted by atomic mass is 9.72. The van der Waals surface area contributed by atoms with Gasteiger partial charge in [-0.05, 0) is 62.4 Å². The maximum absolute atomic E-state index is 13.3. The normalized spacial score (nSPS) is 20.5. The maximum atomic E-state index is 13.3. The molecule has 2 aromatic rings. The number of H-pyrrole nitrogens is 1. The number of nitrogens with zero attached hydrogens (tertiary/aromatic N) is 2. The van der Waals surface area contributed by atoms with Crippen LogP contribution in [-0.2, 0) is 11.2 Å². The quantitative estimate of drug-likeness (QED) is 0.896. The summed E-state index contributed by atoms with van der Waals surface area (Å²) in [5, 5.41) is 3.42. The zero-order valence-corrected chi connectivity index (χ0v) is 14.5. The standard InChI is InChI=1S/C19H25FN4O/c20-14-3-4-15-16(12-14)23-17(22-15)2-1-11-24-13-19(6-5-18(24)25)7-9-21-10-8-19/h3-4,12,21H,1-2,5-11,13H2,(H,22,23). The van der Waals surface area contributed by atoms with Gasteiger partial charge in [0, 0.05) is 25.9 Å². The summed E-state index contributed by atoms with van der Waals surface area (Å²) in [7, 11) is 0. The van der Waals surface area contributed by atoms with Crippen LogP contribution in [0.2, 0.25) is 0 Å². The van der Waals surface area contributed by atoms with Crippen molar-refractivity contribution in [3.63, 3.8) is 0 Å². The van der Waals surface area contributed by atoms with E-state index in [1.54, 1.807) is 6.07 Å². The molecule has 0 radical (unpaired) electrons. The number of aromatic nitrogens is 2. The summed E-state index contributed by atoms with van der Waals surface area (Å²) in [4.78, 5) is 22.0. The van der Waals surface area contributed by atoms with Crippen molar-refractivity contribution in [2.24, 2.45) is 5.41 Å². The number of halogens is 1. The second kappa shape index (κ2) is 6.75. The van der Waals surface area contributed by atoms with Crippen LogP contribution in [0.5, 0.6) is 0 Å². The molecule has 25 heavy (non-hydrogen) atoms. The summed E-state index contributed by atoms with van der Waals surface area (Å²) in [6.45, 7) is 3.81. The first-order valence-electron chi connectivity index (χ1n) is 9.26. The largest absolute Gasteiger partial charge is 0.342 e. The lowest BCUT2D eigenvalue weighted by Gasteiger charge is -2.45. The van der Waals surface area contributed by atoms with Crippen molar-refractivity contribution in [2.45, 2.75) is 38.5 Å². The number of nitrogens with one attached hydrogen (secondary N) is 2. The van der Waals surface area contributed by atoms with E-state index in [9.17, 15) is 9.18 Å². The number of amides is 1. The van der Waals surface area contributed by atoms with Gasteiger partial charge in [-0.1, -0.05) is 0 Å². The van der Waals surface area contributed by atoms with Crippen molar-refractivity contribution in [3.05, 3.63) is 29.8 Å². The molecule has 2 aliphatic rings. The molecule has 2 N–H and O–H groups in total. The molecule has 1 amide bonds. The highest BCUT2D eigenvalue weighted by Crippen LogP contribution is 2.38. The highest BCUT2D eigenvalue weighted by Gasteiger charge is 2.39. The van der Waals surface area contributed by atoms with Crippen LogP contribution in [0.25, 0.3) is 11.0 Å². The first-order chi connectivity index (χ1) is 12.1. The highest BCUT2D eigenvalue weighted by molar-refractivity contribution is 5.77. The van der Waals surface area contributed by atoms with Gasteiger partial charge in [0.05, 0.1) is 11.0 Å². The first kappa shape index (κ1) is 16.5. The topological polar surface area (TPSA) is 61.0 Å². The molecule has 2 fully saturated rings. The third-order valence-electron chi connectivity index (χ3n) is 5.75. The van der Waals surface area contributed by atoms with Gasteiger partial charge in [0.2, 0.25) is 5.91 Å². The van der Waals surface area contributed by atoms with Gasteiger partial charge in [0.1, 0.15) is 11.6 Å². The maximum Gasteiger partial charge on any atom is 0.222 e. The van der Waals surface area contributed by atoms with E-state index in [-0.39, 0.29) is 11.7 Å². The molecule has 2 aliphatic heterocycles. The summed E-state index contributed by atoms with van der Waals surface area (Å²) < 4.78 is 13.3. The third kappa shape index (κ3) is 3.54. The van der Waals surface area contributed by atoms with Crippen molar-refractivity contribution < 1.29 is 9.18 Å². The van der Waals surface area contributed by atoms with Crippen LogP contribution in [0.3, 0.4) is 0 Å². The Balaban J connectivity index is 1.35. The van der Waals surface area contributed by atoms with Crippen LogP contribution in [0, 0.1) is 11.2 Å². The molecule has 0 atom stereocenters. The number of fused-ring (bicyclic) bond motifs is 1. The van der Waals surface area contributed by atoms with Crippen LogP contribution in [0.4, 0.5) is 4.39 Å². The summed E-state index contributed by atoms with van der Waals surface area (Å²) in [6.07, 6.45) is 5.72. The molecule has 6 heteroatoms. The predicted octanol–water partition coefficient (Wildman–Crippen LogP) is 2.63. The fraction of sp³-hybridized carbons (Fsp3) is 0.579. The van der Waals surface area contributed by atoms with Gasteiger partial charge in [-0.25, -0.2) is 9.37 Å². The minimum Gasteiger partial charge on any atom is -0.342 e. The van der Waals surface area contributed by atoms with Crippen molar-refractivity contribution in [3.8, 4) is 0 Å². The van der Waals surface area contributed by atoms with Crippen LogP contribution in [-0.4, -0.2) is 47.0 Å². The number of hydrogen-bond acceptors (Lipinski definition) is 3. The van der Waals surface area contributed by atoms with Gasteiger partial charge in [-0.15, -0.1) is 0 Å². The van der Waals surface area contributed by atoms with E-state index in [1.165, 1.54) is 25.0 Å². The van der Waals surface area contributed by atoms with Gasteiger partial charge in [0.25, 0.3) is 0 Å². The van der Waals surface area contributed by atoms with E-state index >= 15 is 0 Å². The van der Waals surface area contributed by atoms with E-state index in [2.05, 4.69) is 20.2 Å². The molecule has 4 rings (SSSR count). The smallest absolute Gasteiger partial charge is 0.222 e. The SMILES string of the molecule is O=C1CCC2(CCNCC2)CN1CCCc1nc2ccc(F)cc2[nH]1. The van der Waals surface area contributed by atoms with Crippen molar-refractivity contribution in [2.75, 3.05) is 26.2 Å². The zero-order chi connectivity index (χ0) is 17.3. The zero-order valence-electron chi connectivity index (χ0n) is 14.5. The molecule has 134 valence electrons. The number of benzene rings is 1. The average Bonchev–Trinajstić information content (AvgIpc) is 3.01. The van der Waals surface area contributed by atoms with Crippen LogP contribution >= 0.6 is 0 Å². The Labute approximate surface area is 147 Å². The monoisotopic (exact) mass is 344 g/mol. The fourth-order valence-corrected chi connectivity index (χ4v) is 4.26. The first-order valence-corrected chi connectivity index (χ1v) is 9.26. The molecule has 0 saturated carbocycles. The summed E-state index contributed by atoms with van der Waals surface area (Å²) >= 11 is 0. The van der Waals surface area contributed by atoms with E-state index in [4.69, 9.17) is 0 Å². The van der Waals surface area contributed by atoms with E-state index in [0.29, 0.717) is 11.8 Å². The Morgan fingerprint density at radius 1 is 1.24 bits per heavy atom. The third-order valence-corrected chi connectivity index (χ3v) is 5.75. The molecule has 0 bridgehead atoms. The highest BCUT2D eigenvalue weighted by atomic mass is 19.1. The Morgan fingerprint density at radius 3 is 2.92 bits per heavy atom. The van der Waals surface area contributed by atoms with Gasteiger partial charge >= 0.3 is 0 Å². The van der Waals surface area contributed by atoms with Gasteiger partial charge in [-0.3, -0.25) is 4.79 Å². The molecular weight excluding hydrogens is 319 g/mol. The number of aryl methyl sites for hydroxylation is 1. The molecule has 0 aliphatic carbocycles. The van der Waals surface area contributed by atoms with E-state index < -0.39 is 0 Å². The molecular formula is C19H25FN4O. The predicted molar refractivity (Wildman–Crippen MR) is 94.7 cm³/mol. The number of carbonyl (C=O) groups excluding carboxylic acids is 1. The number of likely N-dealkylation sites (tertiary alicyclic amines) is 1. The van der Waals surface area contributed by atoms with Gasteiger partial charge in [0.15, 0.2) is 0 Å². The number of piperidine rings is 2.